The molecular weight excluding hydrogens is 413 g/mol. The van der Waals surface area contributed by atoms with Gasteiger partial charge in [-0.05, 0) is 84.0 Å². The van der Waals surface area contributed by atoms with Crippen LogP contribution >= 0.6 is 0 Å². The molecule has 28 heavy (non-hydrogen) atoms. The van der Waals surface area contributed by atoms with Gasteiger partial charge >= 0.3 is 0 Å². The Morgan fingerprint density at radius 1 is 0.643 bits per heavy atom. The van der Waals surface area contributed by atoms with Crippen molar-refractivity contribution in [3.05, 3.63) is 103 Å². The number of benzene rings is 3. The van der Waals surface area contributed by atoms with Gasteiger partial charge in [-0.25, -0.2) is 0 Å². The summed E-state index contributed by atoms with van der Waals surface area (Å²) in [6.45, 7) is 19.4. The van der Waals surface area contributed by atoms with E-state index in [4.69, 9.17) is 0 Å². The van der Waals surface area contributed by atoms with E-state index in [9.17, 15) is 0 Å². The molecular formula is C27H29Y-. The molecule has 1 radical (unpaired) electrons. The monoisotopic (exact) mass is 442 g/mol. The van der Waals surface area contributed by atoms with E-state index in [1.807, 2.05) is 0 Å². The second-order valence-corrected chi connectivity index (χ2v) is 7.93. The molecule has 0 spiro atoms. The van der Waals surface area contributed by atoms with E-state index in [2.05, 4.69) is 97.5 Å². The van der Waals surface area contributed by atoms with Crippen LogP contribution in [-0.4, -0.2) is 0 Å². The van der Waals surface area contributed by atoms with Crippen LogP contribution in [0.4, 0.5) is 0 Å². The van der Waals surface area contributed by atoms with Crippen LogP contribution in [0.15, 0.2) is 36.4 Å². The Morgan fingerprint density at radius 3 is 1.54 bits per heavy atom. The maximum Gasteiger partial charge on any atom is 0 e. The van der Waals surface area contributed by atoms with Crippen LogP contribution in [0.3, 0.4) is 0 Å². The van der Waals surface area contributed by atoms with Crippen molar-refractivity contribution >= 4 is 12.2 Å². The summed E-state index contributed by atoms with van der Waals surface area (Å²) in [5, 5.41) is 2.38. The molecule has 0 aliphatic rings. The van der Waals surface area contributed by atoms with E-state index in [-0.39, 0.29) is 32.7 Å². The molecule has 0 nitrogen and oxygen atoms in total. The minimum Gasteiger partial charge on any atom is -0.177 e. The molecule has 0 aliphatic carbocycles. The summed E-state index contributed by atoms with van der Waals surface area (Å²) in [5.74, 6) is 0. The molecule has 0 N–H and O–H groups in total. The Balaban J connectivity index is 0.00000280. The Bertz CT molecular complexity index is 1080. The Morgan fingerprint density at radius 2 is 1.07 bits per heavy atom. The minimum atomic E-state index is 0. The number of aryl methyl sites for hydroxylation is 6. The second-order valence-electron chi connectivity index (χ2n) is 7.93. The molecule has 0 amide bonds. The Labute approximate surface area is 195 Å². The zero-order chi connectivity index (χ0) is 19.9. The first kappa shape index (κ1) is 22.8. The van der Waals surface area contributed by atoms with E-state index in [0.717, 1.165) is 5.22 Å². The van der Waals surface area contributed by atoms with Crippen molar-refractivity contribution in [3.63, 3.8) is 0 Å². The number of rotatable bonds is 2. The predicted molar refractivity (Wildman–Crippen MR) is 118 cm³/mol. The second kappa shape index (κ2) is 8.89. The molecule has 0 saturated heterocycles. The zero-order valence-electron chi connectivity index (χ0n) is 18.2. The van der Waals surface area contributed by atoms with Crippen molar-refractivity contribution in [1.29, 1.82) is 0 Å². The molecule has 3 aromatic rings. The predicted octanol–water partition coefficient (Wildman–Crippen LogP) is 5.30. The summed E-state index contributed by atoms with van der Waals surface area (Å²) < 4.78 is 0. The summed E-state index contributed by atoms with van der Waals surface area (Å²) in [6, 6.07) is 17.1. The van der Waals surface area contributed by atoms with Crippen molar-refractivity contribution in [2.75, 3.05) is 0 Å². The van der Waals surface area contributed by atoms with Gasteiger partial charge in [-0.3, -0.25) is 0 Å². The molecule has 0 aliphatic heterocycles. The van der Waals surface area contributed by atoms with Gasteiger partial charge in [0.1, 0.15) is 0 Å². The number of hydrogen-bond donors (Lipinski definition) is 0. The molecule has 0 saturated carbocycles. The van der Waals surface area contributed by atoms with Gasteiger partial charge in [-0.1, -0.05) is 44.7 Å². The summed E-state index contributed by atoms with van der Waals surface area (Å²) in [7, 11) is 0. The normalized spacial score (nSPS) is 10.5. The van der Waals surface area contributed by atoms with Crippen LogP contribution in [0, 0.1) is 54.5 Å². The number of hydrogen-bond acceptors (Lipinski definition) is 0. The molecule has 3 aromatic carbocycles. The molecule has 3 rings (SSSR count). The maximum atomic E-state index is 4.22. The summed E-state index contributed by atoms with van der Waals surface area (Å²) in [6.07, 6.45) is 0. The van der Waals surface area contributed by atoms with Gasteiger partial charge in [-0.2, -0.15) is 29.3 Å². The van der Waals surface area contributed by atoms with Gasteiger partial charge in [0.15, 0.2) is 0 Å². The first-order chi connectivity index (χ1) is 12.7. The van der Waals surface area contributed by atoms with Crippen LogP contribution in [-0.2, 0) is 32.7 Å². The Hall–Kier alpha value is -1.50. The standard InChI is InChI=1S/C27H29.Y/c1-16-9-17(2)11-24(10-16)27(25-12-18(3)22(7)19(4)13-25)26-14-20(5)23(8)21(6)15-26;/h10-15H,7H2,1-6,8H3;/q-1;. The first-order valence-corrected chi connectivity index (χ1v) is 9.57. The van der Waals surface area contributed by atoms with Gasteiger partial charge in [0.2, 0.25) is 0 Å². The van der Waals surface area contributed by atoms with Gasteiger partial charge in [-0.15, -0.1) is 5.56 Å². The molecule has 0 fully saturated rings. The summed E-state index contributed by atoms with van der Waals surface area (Å²) in [5.41, 5.74) is 12.7. The Kier molecular flexibility index (Phi) is 7.24. The van der Waals surface area contributed by atoms with Crippen molar-refractivity contribution in [1.82, 2.24) is 0 Å². The van der Waals surface area contributed by atoms with E-state index in [1.165, 1.54) is 60.9 Å². The smallest absolute Gasteiger partial charge is 0 e. The quantitative estimate of drug-likeness (QED) is 0.473. The molecule has 0 aromatic heterocycles. The third-order valence-electron chi connectivity index (χ3n) is 5.63. The van der Waals surface area contributed by atoms with Gasteiger partial charge in [0, 0.05) is 32.7 Å². The average molecular weight is 442 g/mol. The summed E-state index contributed by atoms with van der Waals surface area (Å²) in [4.78, 5) is 0. The van der Waals surface area contributed by atoms with Crippen LogP contribution in [0.25, 0.3) is 12.2 Å². The first-order valence-electron chi connectivity index (χ1n) is 9.57. The molecule has 0 atom stereocenters. The largest absolute Gasteiger partial charge is 0.177 e. The average Bonchev–Trinajstić information content (AvgIpc) is 2.56. The van der Waals surface area contributed by atoms with Gasteiger partial charge in [0.25, 0.3) is 0 Å². The fourth-order valence-electron chi connectivity index (χ4n) is 3.85. The van der Waals surface area contributed by atoms with Crippen molar-refractivity contribution < 1.29 is 32.7 Å². The maximum absolute atomic E-state index is 4.22. The fourth-order valence-corrected chi connectivity index (χ4v) is 3.85. The van der Waals surface area contributed by atoms with Crippen LogP contribution in [0.1, 0.15) is 50.1 Å². The topological polar surface area (TPSA) is 0 Å². The van der Waals surface area contributed by atoms with Crippen LogP contribution in [0.5, 0.6) is 0 Å². The van der Waals surface area contributed by atoms with Crippen molar-refractivity contribution in [2.45, 2.75) is 48.5 Å². The van der Waals surface area contributed by atoms with Crippen LogP contribution < -0.4 is 10.4 Å². The molecule has 0 heterocycles. The van der Waals surface area contributed by atoms with Crippen molar-refractivity contribution in [3.8, 4) is 0 Å². The molecule has 141 valence electrons. The van der Waals surface area contributed by atoms with Gasteiger partial charge < -0.3 is 0 Å². The van der Waals surface area contributed by atoms with E-state index in [0.29, 0.717) is 0 Å². The zero-order valence-corrected chi connectivity index (χ0v) is 21.1. The molecule has 0 bridgehead atoms. The minimum absolute atomic E-state index is 0. The van der Waals surface area contributed by atoms with E-state index < -0.39 is 0 Å². The summed E-state index contributed by atoms with van der Waals surface area (Å²) >= 11 is 0. The third kappa shape index (κ3) is 4.56. The fraction of sp³-hybridized carbons (Fsp3) is 0.259. The molecule has 1 heteroatoms. The van der Waals surface area contributed by atoms with Crippen LogP contribution in [0.2, 0.25) is 0 Å². The van der Waals surface area contributed by atoms with Gasteiger partial charge in [0.05, 0.1) is 0 Å². The molecule has 0 unspecified atom stereocenters. The third-order valence-corrected chi connectivity index (χ3v) is 5.63. The van der Waals surface area contributed by atoms with E-state index in [1.54, 1.807) is 0 Å². The van der Waals surface area contributed by atoms with Crippen molar-refractivity contribution in [2.24, 2.45) is 0 Å². The SMILES string of the molecule is C=c1c(C)cc(=C(c2cc(C)[c-]c(C)c2)c2cc(C)c(C)c(C)c2)cc1C.[Y]. The van der Waals surface area contributed by atoms with E-state index >= 15 is 0 Å².